The highest BCUT2D eigenvalue weighted by Gasteiger charge is 2.49. The van der Waals surface area contributed by atoms with Crippen LogP contribution in [0.15, 0.2) is 71.0 Å². The quantitative estimate of drug-likeness (QED) is 0.403. The molecule has 37 heavy (non-hydrogen) atoms. The summed E-state index contributed by atoms with van der Waals surface area (Å²) < 4.78 is 52.4. The fraction of sp³-hybridized carbons (Fsp3) is 0.308. The molecule has 2 aromatic rings. The smallest absolute Gasteiger partial charge is 0.478 e. The van der Waals surface area contributed by atoms with E-state index < -0.39 is 30.3 Å². The number of alkyl halides is 3. The second-order valence-corrected chi connectivity index (χ2v) is 9.43. The molecule has 0 spiro atoms. The van der Waals surface area contributed by atoms with Crippen molar-refractivity contribution < 1.29 is 37.3 Å². The third-order valence-corrected chi connectivity index (χ3v) is 6.81. The highest BCUT2D eigenvalue weighted by molar-refractivity contribution is 6.32. The van der Waals surface area contributed by atoms with Gasteiger partial charge in [0.25, 0.3) is 5.91 Å². The summed E-state index contributed by atoms with van der Waals surface area (Å²) in [7, 11) is 0. The first-order valence-electron chi connectivity index (χ1n) is 11.4. The molecule has 1 amide bonds. The second-order valence-electron chi connectivity index (χ2n) is 8.65. The van der Waals surface area contributed by atoms with E-state index in [4.69, 9.17) is 32.7 Å². The van der Waals surface area contributed by atoms with Gasteiger partial charge in [0.15, 0.2) is 5.22 Å². The molecule has 11 heteroatoms. The van der Waals surface area contributed by atoms with Crippen LogP contribution in [-0.2, 0) is 16.0 Å². The summed E-state index contributed by atoms with van der Waals surface area (Å²) in [6.45, 7) is -0.461. The van der Waals surface area contributed by atoms with Crippen LogP contribution in [0.3, 0.4) is 0 Å². The van der Waals surface area contributed by atoms with Crippen molar-refractivity contribution in [2.24, 2.45) is 0 Å². The number of carboxylic acids is 1. The molecule has 1 aliphatic carbocycles. The number of halogens is 5. The van der Waals surface area contributed by atoms with Gasteiger partial charge in [0.1, 0.15) is 12.4 Å². The summed E-state index contributed by atoms with van der Waals surface area (Å²) >= 11 is 12.3. The standard InChI is InChI=1S/C26H22Cl2F3NO5/c27-20-13-17(23(33)32(26(29,30)31)12-10-16-5-2-1-3-6-16)8-9-21(20)37-25(24(34)35)11-4-7-18-15-36-22(28)14-19(18)25/h1-3,5-6,8-9,13-14H,4,7,10-12,15H2,(H,34,35). The van der Waals surface area contributed by atoms with Gasteiger partial charge >= 0.3 is 12.3 Å². The second kappa shape index (κ2) is 10.7. The minimum absolute atomic E-state index is 0.000610. The zero-order valence-electron chi connectivity index (χ0n) is 19.4. The number of carboxylic acid groups (broad SMARTS) is 1. The van der Waals surface area contributed by atoms with Crippen molar-refractivity contribution >= 4 is 35.1 Å². The maximum atomic E-state index is 13.7. The van der Waals surface area contributed by atoms with Crippen LogP contribution in [0.2, 0.25) is 5.02 Å². The van der Waals surface area contributed by atoms with Crippen LogP contribution in [0, 0.1) is 0 Å². The highest BCUT2D eigenvalue weighted by atomic mass is 35.5. The zero-order chi connectivity index (χ0) is 26.8. The normalized spacial score (nSPS) is 19.4. The number of nitrogens with zero attached hydrogens (tertiary/aromatic N) is 1. The van der Waals surface area contributed by atoms with E-state index in [2.05, 4.69) is 0 Å². The molecule has 1 unspecified atom stereocenters. The molecule has 0 fully saturated rings. The molecule has 1 aliphatic heterocycles. The number of hydrogen-bond donors (Lipinski definition) is 1. The molecule has 4 rings (SSSR count). The monoisotopic (exact) mass is 555 g/mol. The van der Waals surface area contributed by atoms with Crippen molar-refractivity contribution in [3.8, 4) is 5.75 Å². The molecule has 1 atom stereocenters. The molecule has 0 radical (unpaired) electrons. The molecule has 1 heterocycles. The topological polar surface area (TPSA) is 76.1 Å². The van der Waals surface area contributed by atoms with Gasteiger partial charge in [-0.1, -0.05) is 41.9 Å². The van der Waals surface area contributed by atoms with Gasteiger partial charge in [-0.25, -0.2) is 9.69 Å². The predicted octanol–water partition coefficient (Wildman–Crippen LogP) is 6.34. The van der Waals surface area contributed by atoms with Gasteiger partial charge in [-0.05, 0) is 60.2 Å². The van der Waals surface area contributed by atoms with Crippen LogP contribution in [0.25, 0.3) is 0 Å². The minimum atomic E-state index is -4.92. The van der Waals surface area contributed by atoms with Gasteiger partial charge in [0.2, 0.25) is 5.60 Å². The number of ether oxygens (including phenoxy) is 2. The third kappa shape index (κ3) is 5.72. The van der Waals surface area contributed by atoms with Gasteiger partial charge in [-0.2, -0.15) is 0 Å². The van der Waals surface area contributed by atoms with Crippen molar-refractivity contribution in [3.05, 3.63) is 87.1 Å². The fourth-order valence-electron chi connectivity index (χ4n) is 4.45. The van der Waals surface area contributed by atoms with Crippen LogP contribution < -0.4 is 4.74 Å². The Labute approximate surface area is 220 Å². The molecule has 196 valence electrons. The Morgan fingerprint density at radius 1 is 1.14 bits per heavy atom. The Morgan fingerprint density at radius 2 is 1.86 bits per heavy atom. The van der Waals surface area contributed by atoms with Gasteiger partial charge < -0.3 is 14.6 Å². The highest BCUT2D eigenvalue weighted by Crippen LogP contribution is 2.43. The van der Waals surface area contributed by atoms with E-state index in [-0.39, 0.29) is 45.9 Å². The molecule has 1 N–H and O–H groups in total. The molecular formula is C26H22Cl2F3NO5. The Morgan fingerprint density at radius 3 is 2.51 bits per heavy atom. The number of aliphatic carboxylic acids is 1. The SMILES string of the molecule is O=C(c1ccc(OC2(C(=O)O)CCCC3=C2C=C(Cl)OC3)c(Cl)c1)N(CCc1ccccc1)C(F)(F)F. The van der Waals surface area contributed by atoms with E-state index in [1.165, 1.54) is 12.1 Å². The van der Waals surface area contributed by atoms with E-state index in [9.17, 15) is 27.9 Å². The number of rotatable bonds is 7. The zero-order valence-corrected chi connectivity index (χ0v) is 20.9. The summed E-state index contributed by atoms with van der Waals surface area (Å²) in [4.78, 5) is 25.1. The number of carbonyl (C=O) groups excluding carboxylic acids is 1. The number of benzene rings is 2. The van der Waals surface area contributed by atoms with Gasteiger partial charge in [-0.3, -0.25) is 4.79 Å². The van der Waals surface area contributed by atoms with Crippen LogP contribution in [0.1, 0.15) is 35.2 Å². The van der Waals surface area contributed by atoms with Crippen LogP contribution in [0.4, 0.5) is 13.2 Å². The summed E-state index contributed by atoms with van der Waals surface area (Å²) in [5.41, 5.74) is -0.415. The Bertz CT molecular complexity index is 1260. The lowest BCUT2D eigenvalue weighted by atomic mass is 9.78. The molecule has 6 nitrogen and oxygen atoms in total. The summed E-state index contributed by atoms with van der Waals surface area (Å²) in [6, 6.07) is 11.9. The molecule has 0 saturated heterocycles. The Hall–Kier alpha value is -3.17. The lowest BCUT2D eigenvalue weighted by Crippen LogP contribution is -2.49. The van der Waals surface area contributed by atoms with E-state index >= 15 is 0 Å². The van der Waals surface area contributed by atoms with E-state index in [1.54, 1.807) is 30.3 Å². The first-order chi connectivity index (χ1) is 17.5. The van der Waals surface area contributed by atoms with Crippen LogP contribution in [0.5, 0.6) is 5.75 Å². The van der Waals surface area contributed by atoms with Gasteiger partial charge in [0, 0.05) is 30.2 Å². The maximum absolute atomic E-state index is 13.7. The summed E-state index contributed by atoms with van der Waals surface area (Å²) in [6.07, 6.45) is -2.31. The van der Waals surface area contributed by atoms with Crippen LogP contribution in [-0.4, -0.2) is 46.9 Å². The van der Waals surface area contributed by atoms with Crippen molar-refractivity contribution in [3.63, 3.8) is 0 Å². The maximum Gasteiger partial charge on any atom is 0.487 e. The largest absolute Gasteiger partial charge is 0.487 e. The first kappa shape index (κ1) is 26.9. The number of carbonyl (C=O) groups is 2. The lowest BCUT2D eigenvalue weighted by Gasteiger charge is -2.38. The van der Waals surface area contributed by atoms with Crippen molar-refractivity contribution in [1.82, 2.24) is 4.90 Å². The third-order valence-electron chi connectivity index (χ3n) is 6.29. The van der Waals surface area contributed by atoms with E-state index in [0.29, 0.717) is 24.0 Å². The molecule has 0 aromatic heterocycles. The Kier molecular flexibility index (Phi) is 7.75. The average Bonchev–Trinajstić information content (AvgIpc) is 2.85. The molecular weight excluding hydrogens is 534 g/mol. The first-order valence-corrected chi connectivity index (χ1v) is 12.1. The van der Waals surface area contributed by atoms with Crippen molar-refractivity contribution in [2.45, 2.75) is 37.6 Å². The molecule has 0 bridgehead atoms. The van der Waals surface area contributed by atoms with Gasteiger partial charge in [-0.15, -0.1) is 13.2 Å². The molecule has 0 saturated carbocycles. The lowest BCUT2D eigenvalue weighted by molar-refractivity contribution is -0.224. The molecule has 2 aromatic carbocycles. The van der Waals surface area contributed by atoms with E-state index in [0.717, 1.165) is 17.7 Å². The number of amides is 1. The predicted molar refractivity (Wildman–Crippen MR) is 130 cm³/mol. The summed E-state index contributed by atoms with van der Waals surface area (Å²) in [5, 5.41) is 9.94. The Balaban J connectivity index is 1.60. The van der Waals surface area contributed by atoms with Gasteiger partial charge in [0.05, 0.1) is 5.02 Å². The van der Waals surface area contributed by atoms with E-state index in [1.807, 2.05) is 0 Å². The summed E-state index contributed by atoms with van der Waals surface area (Å²) in [5.74, 6) is -2.65. The van der Waals surface area contributed by atoms with Crippen molar-refractivity contribution in [2.75, 3.05) is 13.2 Å². The average molecular weight is 556 g/mol. The van der Waals surface area contributed by atoms with Crippen LogP contribution >= 0.6 is 23.2 Å². The number of hydrogen-bond acceptors (Lipinski definition) is 4. The molecule has 2 aliphatic rings. The van der Waals surface area contributed by atoms with Crippen molar-refractivity contribution in [1.29, 1.82) is 0 Å². The fourth-order valence-corrected chi connectivity index (χ4v) is 4.83. The minimum Gasteiger partial charge on any atom is -0.478 e.